The molecule has 2 aliphatic rings. The van der Waals surface area contributed by atoms with E-state index in [0.29, 0.717) is 11.5 Å². The number of hydrogen-bond acceptors (Lipinski definition) is 2. The average Bonchev–Trinajstić information content (AvgIpc) is 2.43. The maximum Gasteiger partial charge on any atom is 0.255 e. The summed E-state index contributed by atoms with van der Waals surface area (Å²) in [6.45, 7) is 0. The number of nitrogens with one attached hydrogen (secondary N) is 1. The van der Waals surface area contributed by atoms with Crippen molar-refractivity contribution in [3.05, 3.63) is 29.3 Å². The molecule has 1 fully saturated rings. The van der Waals surface area contributed by atoms with Crippen molar-refractivity contribution in [1.82, 2.24) is 5.32 Å². The van der Waals surface area contributed by atoms with Gasteiger partial charge in [0.05, 0.1) is 11.6 Å². The zero-order valence-electron chi connectivity index (χ0n) is 8.36. The van der Waals surface area contributed by atoms with Gasteiger partial charge >= 0.3 is 0 Å². The fourth-order valence-corrected chi connectivity index (χ4v) is 2.50. The third-order valence-electron chi connectivity index (χ3n) is 3.54. The normalized spacial score (nSPS) is 24.5. The number of phenols is 1. The minimum Gasteiger partial charge on any atom is -0.507 e. The van der Waals surface area contributed by atoms with E-state index in [0.717, 1.165) is 5.56 Å². The van der Waals surface area contributed by atoms with E-state index >= 15 is 0 Å². The summed E-state index contributed by atoms with van der Waals surface area (Å²) in [6.07, 6.45) is 3.62. The van der Waals surface area contributed by atoms with Crippen LogP contribution in [0.25, 0.3) is 0 Å². The molecule has 1 heterocycles. The summed E-state index contributed by atoms with van der Waals surface area (Å²) in [6, 6.07) is 5.45. The van der Waals surface area contributed by atoms with E-state index in [4.69, 9.17) is 0 Å². The lowest BCUT2D eigenvalue weighted by Gasteiger charge is -2.31. The van der Waals surface area contributed by atoms with E-state index in [1.807, 2.05) is 6.07 Å². The van der Waals surface area contributed by atoms with E-state index in [-0.39, 0.29) is 17.7 Å². The van der Waals surface area contributed by atoms with Crippen molar-refractivity contribution < 1.29 is 9.90 Å². The van der Waals surface area contributed by atoms with Crippen LogP contribution >= 0.6 is 0 Å². The molecule has 3 nitrogen and oxygen atoms in total. The molecule has 0 radical (unpaired) electrons. The molecule has 1 aliphatic carbocycles. The number of carbonyl (C=O) groups is 1. The number of fused-ring (bicyclic) bond motifs is 1. The predicted octanol–water partition coefficient (Wildman–Crippen LogP) is 1.98. The molecule has 1 aromatic rings. The van der Waals surface area contributed by atoms with Crippen LogP contribution in [0.15, 0.2) is 18.2 Å². The maximum atomic E-state index is 11.7. The van der Waals surface area contributed by atoms with Crippen LogP contribution in [0, 0.1) is 5.92 Å². The Labute approximate surface area is 88.1 Å². The van der Waals surface area contributed by atoms with E-state index in [2.05, 4.69) is 5.32 Å². The average molecular weight is 203 g/mol. The van der Waals surface area contributed by atoms with Crippen molar-refractivity contribution in [3.8, 4) is 5.75 Å². The van der Waals surface area contributed by atoms with Crippen LogP contribution in [0.2, 0.25) is 0 Å². The van der Waals surface area contributed by atoms with Gasteiger partial charge in [0.1, 0.15) is 5.75 Å². The second kappa shape index (κ2) is 2.99. The summed E-state index contributed by atoms with van der Waals surface area (Å²) < 4.78 is 0. The fourth-order valence-electron chi connectivity index (χ4n) is 2.50. The fraction of sp³-hybridized carbons (Fsp3) is 0.417. The Morgan fingerprint density at radius 1 is 1.33 bits per heavy atom. The number of aromatic hydroxyl groups is 1. The quantitative estimate of drug-likeness (QED) is 0.733. The third kappa shape index (κ3) is 1.16. The maximum absolute atomic E-state index is 11.7. The standard InChI is InChI=1S/C12H13NO2/c14-9-6-2-5-8-10(9)12(15)13-11(8)7-3-1-4-7/h2,5-7,11,14H,1,3-4H2,(H,13,15). The van der Waals surface area contributed by atoms with Gasteiger partial charge in [-0.3, -0.25) is 4.79 Å². The van der Waals surface area contributed by atoms with Gasteiger partial charge in [0.25, 0.3) is 5.91 Å². The number of amides is 1. The van der Waals surface area contributed by atoms with E-state index < -0.39 is 0 Å². The van der Waals surface area contributed by atoms with Crippen molar-refractivity contribution in [2.45, 2.75) is 25.3 Å². The van der Waals surface area contributed by atoms with E-state index in [1.165, 1.54) is 19.3 Å². The lowest BCUT2D eigenvalue weighted by Crippen LogP contribution is -2.29. The Kier molecular flexibility index (Phi) is 1.75. The minimum absolute atomic E-state index is 0.104. The monoisotopic (exact) mass is 203 g/mol. The van der Waals surface area contributed by atoms with Gasteiger partial charge in [-0.15, -0.1) is 0 Å². The summed E-state index contributed by atoms with van der Waals surface area (Å²) in [7, 11) is 0. The van der Waals surface area contributed by atoms with Crippen LogP contribution in [0.3, 0.4) is 0 Å². The Bertz CT molecular complexity index is 424. The third-order valence-corrected chi connectivity index (χ3v) is 3.54. The highest BCUT2D eigenvalue weighted by Gasteiger charge is 2.38. The van der Waals surface area contributed by atoms with E-state index in [9.17, 15) is 9.90 Å². The van der Waals surface area contributed by atoms with Crippen LogP contribution in [0.1, 0.15) is 41.2 Å². The van der Waals surface area contributed by atoms with Crippen LogP contribution in [-0.2, 0) is 0 Å². The largest absolute Gasteiger partial charge is 0.507 e. The van der Waals surface area contributed by atoms with Crippen LogP contribution in [0.5, 0.6) is 5.75 Å². The molecule has 1 amide bonds. The van der Waals surface area contributed by atoms with Crippen molar-refractivity contribution in [3.63, 3.8) is 0 Å². The Morgan fingerprint density at radius 2 is 2.13 bits per heavy atom. The molecule has 0 bridgehead atoms. The van der Waals surface area contributed by atoms with Crippen LogP contribution in [-0.4, -0.2) is 11.0 Å². The molecule has 2 N–H and O–H groups in total. The van der Waals surface area contributed by atoms with E-state index in [1.54, 1.807) is 12.1 Å². The molecule has 1 saturated carbocycles. The van der Waals surface area contributed by atoms with Crippen molar-refractivity contribution in [2.24, 2.45) is 5.92 Å². The molecule has 78 valence electrons. The molecule has 1 unspecified atom stereocenters. The first-order chi connectivity index (χ1) is 7.27. The first kappa shape index (κ1) is 8.77. The summed E-state index contributed by atoms with van der Waals surface area (Å²) in [5, 5.41) is 12.6. The Balaban J connectivity index is 2.05. The minimum atomic E-state index is -0.125. The van der Waals surface area contributed by atoms with Gasteiger partial charge in [0.15, 0.2) is 0 Å². The van der Waals surface area contributed by atoms with Crippen LogP contribution < -0.4 is 5.32 Å². The Morgan fingerprint density at radius 3 is 2.80 bits per heavy atom. The van der Waals surface area contributed by atoms with Crippen LogP contribution in [0.4, 0.5) is 0 Å². The summed E-state index contributed by atoms with van der Waals surface area (Å²) >= 11 is 0. The molecule has 1 aliphatic heterocycles. The predicted molar refractivity (Wildman–Crippen MR) is 55.7 cm³/mol. The number of benzene rings is 1. The second-order valence-electron chi connectivity index (χ2n) is 4.38. The second-order valence-corrected chi connectivity index (χ2v) is 4.38. The number of carbonyl (C=O) groups excluding carboxylic acids is 1. The molecular weight excluding hydrogens is 190 g/mol. The smallest absolute Gasteiger partial charge is 0.255 e. The molecule has 15 heavy (non-hydrogen) atoms. The van der Waals surface area contributed by atoms with Gasteiger partial charge in [-0.2, -0.15) is 0 Å². The molecular formula is C12H13NO2. The molecule has 1 atom stereocenters. The molecule has 3 heteroatoms. The summed E-state index contributed by atoms with van der Waals surface area (Å²) in [4.78, 5) is 11.7. The highest BCUT2D eigenvalue weighted by Crippen LogP contribution is 2.43. The summed E-state index contributed by atoms with van der Waals surface area (Å²) in [5.74, 6) is 0.545. The molecule has 0 saturated heterocycles. The first-order valence-electron chi connectivity index (χ1n) is 5.40. The number of rotatable bonds is 1. The number of phenolic OH excluding ortho intramolecular Hbond substituents is 1. The zero-order chi connectivity index (χ0) is 10.4. The van der Waals surface area contributed by atoms with Gasteiger partial charge in [0.2, 0.25) is 0 Å². The summed E-state index contributed by atoms with van der Waals surface area (Å²) in [5.41, 5.74) is 1.46. The van der Waals surface area contributed by atoms with Gasteiger partial charge in [-0.1, -0.05) is 18.6 Å². The lowest BCUT2D eigenvalue weighted by molar-refractivity contribution is 0.0930. The molecule has 0 aromatic heterocycles. The van der Waals surface area contributed by atoms with Gasteiger partial charge in [0, 0.05) is 0 Å². The topological polar surface area (TPSA) is 49.3 Å². The number of hydrogen-bond donors (Lipinski definition) is 2. The first-order valence-corrected chi connectivity index (χ1v) is 5.40. The highest BCUT2D eigenvalue weighted by atomic mass is 16.3. The molecule has 1 aromatic carbocycles. The molecule has 0 spiro atoms. The van der Waals surface area contributed by atoms with Crippen molar-refractivity contribution >= 4 is 5.91 Å². The van der Waals surface area contributed by atoms with Gasteiger partial charge in [-0.25, -0.2) is 0 Å². The van der Waals surface area contributed by atoms with Crippen molar-refractivity contribution in [1.29, 1.82) is 0 Å². The SMILES string of the molecule is O=C1NC(C2CCC2)c2cccc(O)c21. The highest BCUT2D eigenvalue weighted by molar-refractivity contribution is 6.01. The zero-order valence-corrected chi connectivity index (χ0v) is 8.36. The van der Waals surface area contributed by atoms with Gasteiger partial charge < -0.3 is 10.4 Å². The molecule has 3 rings (SSSR count). The van der Waals surface area contributed by atoms with Gasteiger partial charge in [-0.05, 0) is 30.4 Å². The lowest BCUT2D eigenvalue weighted by atomic mass is 9.77. The van der Waals surface area contributed by atoms with Crippen molar-refractivity contribution in [2.75, 3.05) is 0 Å². The Hall–Kier alpha value is -1.51.